The Kier molecular flexibility index (Phi) is 3.59. The van der Waals surface area contributed by atoms with Crippen molar-refractivity contribution in [3.63, 3.8) is 0 Å². The number of hydrogen-bond acceptors (Lipinski definition) is 2. The van der Waals surface area contributed by atoms with Gasteiger partial charge >= 0.3 is 0 Å². The monoisotopic (exact) mass is 295 g/mol. The summed E-state index contributed by atoms with van der Waals surface area (Å²) in [6.45, 7) is 0. The molecule has 0 unspecified atom stereocenters. The summed E-state index contributed by atoms with van der Waals surface area (Å²) in [6, 6.07) is 25.5. The number of benzene rings is 3. The van der Waals surface area contributed by atoms with Gasteiger partial charge in [-0.2, -0.15) is 0 Å². The van der Waals surface area contributed by atoms with E-state index in [0.717, 1.165) is 9.79 Å². The summed E-state index contributed by atoms with van der Waals surface area (Å²) in [5.74, 6) is 0.168. The van der Waals surface area contributed by atoms with E-state index < -0.39 is 9.93 Å². The van der Waals surface area contributed by atoms with Crippen molar-refractivity contribution in [1.82, 2.24) is 0 Å². The molecule has 0 aromatic heterocycles. The number of hydrogen-bond donors (Lipinski definition) is 1. The third kappa shape index (κ3) is 2.48. The van der Waals surface area contributed by atoms with Gasteiger partial charge in [-0.3, -0.25) is 0 Å². The minimum absolute atomic E-state index is 0.168. The second kappa shape index (κ2) is 5.54. The SMILES string of the molecule is O=[S+](c1ccccc1)(c1ccccc1)c1ccc(O)cc1. The highest BCUT2D eigenvalue weighted by Gasteiger charge is 2.37. The first-order valence-corrected chi connectivity index (χ1v) is 8.20. The van der Waals surface area contributed by atoms with Gasteiger partial charge in [-0.25, -0.2) is 0 Å². The van der Waals surface area contributed by atoms with Crippen LogP contribution in [0.2, 0.25) is 0 Å². The minimum atomic E-state index is -2.55. The summed E-state index contributed by atoms with van der Waals surface area (Å²) in [6.07, 6.45) is 0. The number of phenolic OH excluding ortho intramolecular Hbond substituents is 1. The third-order valence-electron chi connectivity index (χ3n) is 3.32. The lowest BCUT2D eigenvalue weighted by Crippen LogP contribution is -2.12. The normalized spacial score (nSPS) is 11.2. The molecular formula is C18H15O2S+. The van der Waals surface area contributed by atoms with E-state index in [1.807, 2.05) is 60.7 Å². The largest absolute Gasteiger partial charge is 0.508 e. The van der Waals surface area contributed by atoms with E-state index in [2.05, 4.69) is 0 Å². The molecule has 0 amide bonds. The van der Waals surface area contributed by atoms with Gasteiger partial charge in [0.1, 0.15) is 5.75 Å². The molecule has 3 heteroatoms. The van der Waals surface area contributed by atoms with E-state index >= 15 is 0 Å². The van der Waals surface area contributed by atoms with Crippen molar-refractivity contribution in [2.24, 2.45) is 0 Å². The predicted molar refractivity (Wildman–Crippen MR) is 83.8 cm³/mol. The first kappa shape index (κ1) is 13.6. The van der Waals surface area contributed by atoms with E-state index in [1.54, 1.807) is 24.3 Å². The Morgan fingerprint density at radius 2 is 0.952 bits per heavy atom. The van der Waals surface area contributed by atoms with Crippen LogP contribution in [0.1, 0.15) is 0 Å². The summed E-state index contributed by atoms with van der Waals surface area (Å²) in [4.78, 5) is 2.22. The van der Waals surface area contributed by atoms with Gasteiger partial charge < -0.3 is 5.11 Å². The second-order valence-corrected chi connectivity index (χ2v) is 7.20. The van der Waals surface area contributed by atoms with Gasteiger partial charge in [0.05, 0.1) is 0 Å². The topological polar surface area (TPSA) is 37.3 Å². The maximum atomic E-state index is 13.8. The molecule has 0 aliphatic heterocycles. The summed E-state index contributed by atoms with van der Waals surface area (Å²) in [5.41, 5.74) is 0. The van der Waals surface area contributed by atoms with E-state index in [1.165, 1.54) is 0 Å². The van der Waals surface area contributed by atoms with E-state index in [4.69, 9.17) is 0 Å². The Bertz CT molecular complexity index is 722. The summed E-state index contributed by atoms with van der Waals surface area (Å²) < 4.78 is 13.8. The lowest BCUT2D eigenvalue weighted by molar-refractivity contribution is 0.475. The van der Waals surface area contributed by atoms with Crippen LogP contribution in [0, 0.1) is 0 Å². The molecule has 21 heavy (non-hydrogen) atoms. The van der Waals surface area contributed by atoms with Gasteiger partial charge in [0.25, 0.3) is 0 Å². The van der Waals surface area contributed by atoms with Crippen molar-refractivity contribution >= 4 is 9.93 Å². The molecule has 0 spiro atoms. The Hall–Kier alpha value is -2.39. The summed E-state index contributed by atoms with van der Waals surface area (Å²) in [7, 11) is -2.55. The number of aromatic hydroxyl groups is 1. The van der Waals surface area contributed by atoms with Crippen LogP contribution in [-0.2, 0) is 14.1 Å². The minimum Gasteiger partial charge on any atom is -0.508 e. The van der Waals surface area contributed by atoms with Crippen molar-refractivity contribution in [2.45, 2.75) is 14.7 Å². The zero-order chi connectivity index (χ0) is 14.7. The molecule has 104 valence electrons. The van der Waals surface area contributed by atoms with Gasteiger partial charge in [0.15, 0.2) is 24.6 Å². The second-order valence-electron chi connectivity index (χ2n) is 4.68. The molecule has 1 N–H and O–H groups in total. The maximum absolute atomic E-state index is 13.8. The van der Waals surface area contributed by atoms with Crippen LogP contribution >= 0.6 is 0 Å². The zero-order valence-corrected chi connectivity index (χ0v) is 12.2. The number of rotatable bonds is 3. The van der Waals surface area contributed by atoms with Crippen LogP contribution in [0.5, 0.6) is 5.75 Å². The van der Waals surface area contributed by atoms with Crippen LogP contribution < -0.4 is 0 Å². The highest BCUT2D eigenvalue weighted by Crippen LogP contribution is 2.36. The molecule has 2 nitrogen and oxygen atoms in total. The Morgan fingerprint density at radius 1 is 0.571 bits per heavy atom. The van der Waals surface area contributed by atoms with E-state index in [-0.39, 0.29) is 5.75 Å². The van der Waals surface area contributed by atoms with Crippen molar-refractivity contribution in [3.05, 3.63) is 84.9 Å². The first-order valence-electron chi connectivity index (χ1n) is 6.65. The lowest BCUT2D eigenvalue weighted by Gasteiger charge is -2.11. The average molecular weight is 295 g/mol. The van der Waals surface area contributed by atoms with Crippen LogP contribution in [0.15, 0.2) is 99.6 Å². The van der Waals surface area contributed by atoms with Gasteiger partial charge in [0, 0.05) is 0 Å². The van der Waals surface area contributed by atoms with Crippen LogP contribution in [0.25, 0.3) is 0 Å². The fourth-order valence-electron chi connectivity index (χ4n) is 2.27. The van der Waals surface area contributed by atoms with Crippen LogP contribution in [0.3, 0.4) is 0 Å². The van der Waals surface area contributed by atoms with Gasteiger partial charge in [-0.1, -0.05) is 40.6 Å². The standard InChI is InChI=1S/C18H14O2S/c19-15-11-13-18(14-12-15)21(20,16-7-3-1-4-8-16)17-9-5-2-6-10-17/h1-14H/p+1. The van der Waals surface area contributed by atoms with Crippen molar-refractivity contribution < 1.29 is 9.32 Å². The fraction of sp³-hybridized carbons (Fsp3) is 0. The smallest absolute Gasteiger partial charge is 0.182 e. The van der Waals surface area contributed by atoms with Crippen LogP contribution in [-0.4, -0.2) is 5.11 Å². The molecule has 0 fully saturated rings. The van der Waals surface area contributed by atoms with Crippen molar-refractivity contribution in [2.75, 3.05) is 0 Å². The molecule has 0 saturated carbocycles. The summed E-state index contributed by atoms with van der Waals surface area (Å²) in [5, 5.41) is 9.47. The molecule has 0 saturated heterocycles. The molecular weight excluding hydrogens is 280 g/mol. The quantitative estimate of drug-likeness (QED) is 0.729. The molecule has 0 radical (unpaired) electrons. The molecule has 3 aromatic rings. The highest BCUT2D eigenvalue weighted by molar-refractivity contribution is 8.03. The van der Waals surface area contributed by atoms with Gasteiger partial charge in [0.2, 0.25) is 0 Å². The highest BCUT2D eigenvalue weighted by atomic mass is 32.2. The Balaban J connectivity index is 2.26. The maximum Gasteiger partial charge on any atom is 0.182 e. The Labute approximate surface area is 125 Å². The van der Waals surface area contributed by atoms with E-state index in [0.29, 0.717) is 4.90 Å². The van der Waals surface area contributed by atoms with Crippen molar-refractivity contribution in [1.29, 1.82) is 0 Å². The lowest BCUT2D eigenvalue weighted by atomic mass is 10.3. The average Bonchev–Trinajstić information content (AvgIpc) is 2.56. The van der Waals surface area contributed by atoms with Gasteiger partial charge in [-0.15, -0.1) is 0 Å². The molecule has 0 aliphatic rings. The fourth-order valence-corrected chi connectivity index (χ4v) is 4.69. The molecule has 0 bridgehead atoms. The third-order valence-corrected chi connectivity index (χ3v) is 6.13. The predicted octanol–water partition coefficient (Wildman–Crippen LogP) is 4.37. The van der Waals surface area contributed by atoms with Crippen LogP contribution in [0.4, 0.5) is 0 Å². The van der Waals surface area contributed by atoms with Crippen molar-refractivity contribution in [3.8, 4) is 5.75 Å². The molecule has 0 heterocycles. The van der Waals surface area contributed by atoms with Gasteiger partial charge in [-0.05, 0) is 48.5 Å². The molecule has 0 aliphatic carbocycles. The molecule has 0 atom stereocenters. The molecule has 3 aromatic carbocycles. The zero-order valence-electron chi connectivity index (χ0n) is 11.3. The molecule has 3 rings (SSSR count). The Morgan fingerprint density at radius 3 is 1.38 bits per heavy atom. The first-order chi connectivity index (χ1) is 10.2. The number of phenols is 1. The summed E-state index contributed by atoms with van der Waals surface area (Å²) >= 11 is 0. The van der Waals surface area contributed by atoms with E-state index in [9.17, 15) is 9.32 Å².